The Labute approximate surface area is 127 Å². The van der Waals surface area contributed by atoms with Crippen molar-refractivity contribution in [2.24, 2.45) is 0 Å². The van der Waals surface area contributed by atoms with Crippen LogP contribution in [0.1, 0.15) is 12.8 Å². The number of nitrogens with two attached hydrogens (primary N) is 1. The molecule has 1 heterocycles. The minimum atomic E-state index is -3.87. The van der Waals surface area contributed by atoms with Crippen molar-refractivity contribution >= 4 is 49.8 Å². The summed E-state index contributed by atoms with van der Waals surface area (Å²) >= 11 is 7.15. The molecule has 1 fully saturated rings. The molecule has 5 nitrogen and oxygen atoms in total. The third-order valence-electron chi connectivity index (χ3n) is 2.94. The number of sulfone groups is 1. The summed E-state index contributed by atoms with van der Waals surface area (Å²) in [5.41, 5.74) is 6.48. The molecule has 1 aromatic carbocycles. The van der Waals surface area contributed by atoms with Gasteiger partial charge in [0, 0.05) is 22.5 Å². The Morgan fingerprint density at radius 1 is 1.30 bits per heavy atom. The molecule has 1 aliphatic rings. The van der Waals surface area contributed by atoms with Crippen molar-refractivity contribution in [1.29, 1.82) is 0 Å². The number of halogens is 1. The average molecular weight is 335 g/mol. The highest BCUT2D eigenvalue weighted by molar-refractivity contribution is 8.20. The van der Waals surface area contributed by atoms with E-state index in [1.54, 1.807) is 24.3 Å². The predicted molar refractivity (Wildman–Crippen MR) is 83.9 cm³/mol. The number of hydrogen-bond acceptors (Lipinski definition) is 5. The van der Waals surface area contributed by atoms with Crippen molar-refractivity contribution in [3.05, 3.63) is 24.3 Å². The summed E-state index contributed by atoms with van der Waals surface area (Å²) in [5, 5.41) is 1.39. The zero-order chi connectivity index (χ0) is 14.8. The first-order valence-corrected chi connectivity index (χ1v) is 9.09. The number of alkyl halides is 1. The number of nitrogens with one attached hydrogen (secondary N) is 1. The monoisotopic (exact) mass is 334 g/mol. The highest BCUT2D eigenvalue weighted by atomic mass is 35.5. The Bertz CT molecular complexity index is 581. The number of hydrogen-bond donors (Lipinski definition) is 2. The van der Waals surface area contributed by atoms with Gasteiger partial charge in [0.25, 0.3) is 0 Å². The summed E-state index contributed by atoms with van der Waals surface area (Å²) in [4.78, 5) is 11.9. The van der Waals surface area contributed by atoms with Crippen LogP contribution in [-0.4, -0.2) is 29.4 Å². The summed E-state index contributed by atoms with van der Waals surface area (Å²) < 4.78 is 23.6. The molecule has 0 aromatic heterocycles. The summed E-state index contributed by atoms with van der Waals surface area (Å²) in [6.45, 7) is 0. The highest BCUT2D eigenvalue weighted by Crippen LogP contribution is 2.32. The lowest BCUT2D eigenvalue weighted by atomic mass is 10.2. The van der Waals surface area contributed by atoms with E-state index in [9.17, 15) is 13.2 Å². The maximum Gasteiger partial charge on any atom is 0.341 e. The Morgan fingerprint density at radius 3 is 2.50 bits per heavy atom. The predicted octanol–water partition coefficient (Wildman–Crippen LogP) is 2.68. The molecule has 8 heteroatoms. The second-order valence-corrected chi connectivity index (χ2v) is 8.70. The van der Waals surface area contributed by atoms with Gasteiger partial charge in [-0.25, -0.2) is 8.42 Å². The molecule has 2 unspecified atom stereocenters. The van der Waals surface area contributed by atoms with Gasteiger partial charge in [0.2, 0.25) is 9.84 Å². The first-order valence-electron chi connectivity index (χ1n) is 6.05. The lowest BCUT2D eigenvalue weighted by Crippen LogP contribution is -2.33. The van der Waals surface area contributed by atoms with E-state index in [-0.39, 0.29) is 5.38 Å². The van der Waals surface area contributed by atoms with Gasteiger partial charge in [-0.15, -0.1) is 23.4 Å². The summed E-state index contributed by atoms with van der Waals surface area (Å²) in [6, 6.07) is 6.31. The molecule has 0 saturated carbocycles. The van der Waals surface area contributed by atoms with Crippen LogP contribution in [0.15, 0.2) is 24.3 Å². The Balaban J connectivity index is 2.05. The number of rotatable bonds is 2. The van der Waals surface area contributed by atoms with Crippen LogP contribution in [0.25, 0.3) is 0 Å². The number of anilines is 2. The maximum atomic E-state index is 12.2. The molecule has 3 N–H and O–H groups in total. The van der Waals surface area contributed by atoms with Crippen molar-refractivity contribution in [3.63, 3.8) is 0 Å². The molecular formula is C12H15ClN2O3S2. The Morgan fingerprint density at radius 2 is 1.95 bits per heavy atom. The van der Waals surface area contributed by atoms with Gasteiger partial charge in [-0.3, -0.25) is 4.79 Å². The van der Waals surface area contributed by atoms with Crippen molar-refractivity contribution in [3.8, 4) is 0 Å². The fourth-order valence-electron chi connectivity index (χ4n) is 1.81. The van der Waals surface area contributed by atoms with Crippen molar-refractivity contribution < 1.29 is 13.2 Å². The van der Waals surface area contributed by atoms with Crippen LogP contribution in [-0.2, 0) is 9.84 Å². The number of carbonyl (C=O) groups is 1. The largest absolute Gasteiger partial charge is 0.399 e. The molecule has 2 rings (SSSR count). The van der Waals surface area contributed by atoms with E-state index in [0.29, 0.717) is 30.0 Å². The standard InChI is InChI=1S/C12H15ClN2O3S2/c13-8-1-6-11(19-7-8)20(17,18)12(16)15-10-4-2-9(14)3-5-10/h2-5,8,11H,1,6-7,14H2,(H,15,16). The molecule has 1 amide bonds. The molecular weight excluding hydrogens is 320 g/mol. The molecule has 0 spiro atoms. The van der Waals surface area contributed by atoms with Gasteiger partial charge in [0.05, 0.1) is 0 Å². The van der Waals surface area contributed by atoms with Crippen LogP contribution in [0.3, 0.4) is 0 Å². The van der Waals surface area contributed by atoms with Crippen LogP contribution in [0.4, 0.5) is 16.2 Å². The van der Waals surface area contributed by atoms with Gasteiger partial charge >= 0.3 is 5.24 Å². The number of thioether (sulfide) groups is 1. The quantitative estimate of drug-likeness (QED) is 0.641. The van der Waals surface area contributed by atoms with Crippen LogP contribution in [0.2, 0.25) is 0 Å². The zero-order valence-corrected chi connectivity index (χ0v) is 13.0. The van der Waals surface area contributed by atoms with Gasteiger partial charge in [-0.1, -0.05) is 0 Å². The SMILES string of the molecule is Nc1ccc(NC(=O)S(=O)(=O)C2CCC(Cl)CS2)cc1. The van der Waals surface area contributed by atoms with Crippen molar-refractivity contribution in [2.45, 2.75) is 22.8 Å². The number of carbonyl (C=O) groups excluding carboxylic acids is 1. The normalized spacial score (nSPS) is 23.2. The lowest BCUT2D eigenvalue weighted by Gasteiger charge is -2.23. The third-order valence-corrected chi connectivity index (χ3v) is 7.41. The first kappa shape index (κ1) is 15.5. The van der Waals surface area contributed by atoms with Gasteiger partial charge in [0.1, 0.15) is 4.58 Å². The zero-order valence-electron chi connectivity index (χ0n) is 10.6. The molecule has 2 atom stereocenters. The van der Waals surface area contributed by atoms with Crippen LogP contribution < -0.4 is 11.1 Å². The Kier molecular flexibility index (Phi) is 4.82. The summed E-state index contributed by atoms with van der Waals surface area (Å²) in [5.74, 6) is 0.542. The van der Waals surface area contributed by atoms with E-state index in [1.807, 2.05) is 0 Å². The van der Waals surface area contributed by atoms with Crippen molar-refractivity contribution in [2.75, 3.05) is 16.8 Å². The molecule has 110 valence electrons. The second-order valence-electron chi connectivity index (χ2n) is 4.52. The molecule has 1 aliphatic heterocycles. The minimum Gasteiger partial charge on any atom is -0.399 e. The first-order chi connectivity index (χ1) is 9.39. The number of amides is 1. The molecule has 1 saturated heterocycles. The Hall–Kier alpha value is -0.920. The maximum absolute atomic E-state index is 12.2. The van der Waals surface area contributed by atoms with Gasteiger partial charge in [0.15, 0.2) is 0 Å². The van der Waals surface area contributed by atoms with E-state index in [0.717, 1.165) is 0 Å². The van der Waals surface area contributed by atoms with E-state index in [2.05, 4.69) is 5.32 Å². The van der Waals surface area contributed by atoms with Gasteiger partial charge in [-0.2, -0.15) is 0 Å². The number of benzene rings is 1. The fraction of sp³-hybridized carbons (Fsp3) is 0.417. The van der Waals surface area contributed by atoms with E-state index < -0.39 is 19.7 Å². The third kappa shape index (κ3) is 3.59. The highest BCUT2D eigenvalue weighted by Gasteiger charge is 2.36. The second kappa shape index (κ2) is 6.24. The van der Waals surface area contributed by atoms with Crippen molar-refractivity contribution in [1.82, 2.24) is 0 Å². The van der Waals surface area contributed by atoms with Gasteiger partial charge < -0.3 is 11.1 Å². The van der Waals surface area contributed by atoms with Crippen LogP contribution in [0.5, 0.6) is 0 Å². The topological polar surface area (TPSA) is 89.3 Å². The van der Waals surface area contributed by atoms with E-state index in [4.69, 9.17) is 17.3 Å². The lowest BCUT2D eigenvalue weighted by molar-refractivity contribution is 0.267. The summed E-state index contributed by atoms with van der Waals surface area (Å²) in [7, 11) is -3.87. The molecule has 0 aliphatic carbocycles. The molecule has 0 bridgehead atoms. The summed E-state index contributed by atoms with van der Waals surface area (Å²) in [6.07, 6.45) is 1.00. The van der Waals surface area contributed by atoms with Crippen LogP contribution in [0, 0.1) is 0 Å². The molecule has 1 aromatic rings. The van der Waals surface area contributed by atoms with Gasteiger partial charge in [-0.05, 0) is 37.1 Å². The fourth-order valence-corrected chi connectivity index (χ4v) is 5.21. The van der Waals surface area contributed by atoms with E-state index in [1.165, 1.54) is 11.8 Å². The molecule has 20 heavy (non-hydrogen) atoms. The molecule has 0 radical (unpaired) electrons. The minimum absolute atomic E-state index is 0.0217. The van der Waals surface area contributed by atoms with E-state index >= 15 is 0 Å². The van der Waals surface area contributed by atoms with Crippen LogP contribution >= 0.6 is 23.4 Å². The average Bonchev–Trinajstić information content (AvgIpc) is 2.42. The number of nitrogen functional groups attached to an aromatic ring is 1. The smallest absolute Gasteiger partial charge is 0.341 e.